The molecule has 16 heavy (non-hydrogen) atoms. The van der Waals surface area contributed by atoms with Crippen molar-refractivity contribution in [3.8, 4) is 0 Å². The molecule has 1 rings (SSSR count). The number of pyridine rings is 1. The highest BCUT2D eigenvalue weighted by Gasteiger charge is 2.27. The predicted octanol–water partition coefficient (Wildman–Crippen LogP) is 2.64. The highest BCUT2D eigenvalue weighted by molar-refractivity contribution is 9.09. The quantitative estimate of drug-likeness (QED) is 0.800. The summed E-state index contributed by atoms with van der Waals surface area (Å²) in [7, 11) is 1.81. The Balaban J connectivity index is 2.95. The van der Waals surface area contributed by atoms with Crippen molar-refractivity contribution < 1.29 is 4.79 Å². The van der Waals surface area contributed by atoms with E-state index in [2.05, 4.69) is 20.9 Å². The molecule has 1 amide bonds. The van der Waals surface area contributed by atoms with Gasteiger partial charge in [0.1, 0.15) is 0 Å². The smallest absolute Gasteiger partial charge is 0.255 e. The average Bonchev–Trinajstić information content (AvgIpc) is 2.27. The van der Waals surface area contributed by atoms with E-state index in [0.717, 1.165) is 10.9 Å². The summed E-state index contributed by atoms with van der Waals surface area (Å²) >= 11 is 3.42. The van der Waals surface area contributed by atoms with Crippen LogP contribution in [0.15, 0.2) is 18.5 Å². The maximum absolute atomic E-state index is 12.2. The number of alkyl halides is 1. The van der Waals surface area contributed by atoms with Gasteiger partial charge in [0.05, 0.1) is 5.56 Å². The molecule has 0 saturated carbocycles. The van der Waals surface area contributed by atoms with Crippen LogP contribution >= 0.6 is 15.9 Å². The van der Waals surface area contributed by atoms with E-state index in [4.69, 9.17) is 0 Å². The third-order valence-electron chi connectivity index (χ3n) is 2.66. The number of carbonyl (C=O) groups excluding carboxylic acids is 1. The summed E-state index contributed by atoms with van der Waals surface area (Å²) in [5.74, 6) is 0.000602. The molecular weight excluding hydrogens is 268 g/mol. The van der Waals surface area contributed by atoms with Gasteiger partial charge in [0.25, 0.3) is 5.91 Å². The van der Waals surface area contributed by atoms with E-state index in [-0.39, 0.29) is 11.4 Å². The van der Waals surface area contributed by atoms with Crippen molar-refractivity contribution in [2.45, 2.75) is 26.3 Å². The molecule has 0 atom stereocenters. The first-order chi connectivity index (χ1) is 7.38. The van der Waals surface area contributed by atoms with E-state index in [1.165, 1.54) is 0 Å². The highest BCUT2D eigenvalue weighted by atomic mass is 79.9. The first-order valence-electron chi connectivity index (χ1n) is 5.14. The van der Waals surface area contributed by atoms with Crippen LogP contribution in [0.3, 0.4) is 0 Å². The summed E-state index contributed by atoms with van der Waals surface area (Å²) in [5.41, 5.74) is 1.42. The van der Waals surface area contributed by atoms with Gasteiger partial charge >= 0.3 is 0 Å². The van der Waals surface area contributed by atoms with Crippen molar-refractivity contribution in [2.75, 3.05) is 12.4 Å². The van der Waals surface area contributed by atoms with E-state index in [1.54, 1.807) is 17.3 Å². The molecule has 0 aliphatic carbocycles. The summed E-state index contributed by atoms with van der Waals surface area (Å²) in [6.45, 7) is 5.96. The number of rotatable bonds is 3. The number of hydrogen-bond donors (Lipinski definition) is 0. The van der Waals surface area contributed by atoms with E-state index in [0.29, 0.717) is 5.56 Å². The van der Waals surface area contributed by atoms with Crippen LogP contribution in [-0.4, -0.2) is 33.7 Å². The largest absolute Gasteiger partial charge is 0.336 e. The molecule has 1 aromatic heterocycles. The summed E-state index contributed by atoms with van der Waals surface area (Å²) < 4.78 is 0. The van der Waals surface area contributed by atoms with Gasteiger partial charge in [0.15, 0.2) is 0 Å². The topological polar surface area (TPSA) is 33.2 Å². The minimum atomic E-state index is -0.208. The number of amides is 1. The standard InChI is InChI=1S/C12H17BrN2O/c1-9-5-10(7-14-6-9)11(16)15(4)12(2,3)8-13/h5-7H,8H2,1-4H3. The maximum Gasteiger partial charge on any atom is 0.255 e. The summed E-state index contributed by atoms with van der Waals surface area (Å²) in [5, 5.41) is 0.738. The molecule has 0 fully saturated rings. The third-order valence-corrected chi connectivity index (χ3v) is 4.03. The fourth-order valence-electron chi connectivity index (χ4n) is 1.23. The fraction of sp³-hybridized carbons (Fsp3) is 0.500. The third kappa shape index (κ3) is 2.82. The van der Waals surface area contributed by atoms with Gasteiger partial charge in [-0.3, -0.25) is 9.78 Å². The van der Waals surface area contributed by atoms with Gasteiger partial charge in [-0.05, 0) is 32.4 Å². The number of carbonyl (C=O) groups is 1. The van der Waals surface area contributed by atoms with E-state index in [9.17, 15) is 4.79 Å². The van der Waals surface area contributed by atoms with Crippen molar-refractivity contribution in [1.82, 2.24) is 9.88 Å². The van der Waals surface area contributed by atoms with Crippen molar-refractivity contribution >= 4 is 21.8 Å². The second-order valence-corrected chi connectivity index (χ2v) is 5.12. The van der Waals surface area contributed by atoms with Crippen LogP contribution in [-0.2, 0) is 0 Å². The molecule has 0 radical (unpaired) electrons. The molecule has 0 aliphatic heterocycles. The van der Waals surface area contributed by atoms with Crippen LogP contribution in [0.4, 0.5) is 0 Å². The van der Waals surface area contributed by atoms with Crippen LogP contribution in [0, 0.1) is 6.92 Å². The lowest BCUT2D eigenvalue weighted by Gasteiger charge is -2.34. The summed E-state index contributed by atoms with van der Waals surface area (Å²) in [4.78, 5) is 17.9. The molecule has 3 nitrogen and oxygen atoms in total. The number of halogens is 1. The van der Waals surface area contributed by atoms with Gasteiger partial charge in [-0.25, -0.2) is 0 Å². The number of aromatic nitrogens is 1. The van der Waals surface area contributed by atoms with Crippen LogP contribution in [0.1, 0.15) is 29.8 Å². The number of hydrogen-bond acceptors (Lipinski definition) is 2. The zero-order chi connectivity index (χ0) is 12.3. The van der Waals surface area contributed by atoms with Crippen molar-refractivity contribution in [2.24, 2.45) is 0 Å². The molecule has 0 unspecified atom stereocenters. The Hall–Kier alpha value is -0.900. The Morgan fingerprint density at radius 3 is 2.62 bits per heavy atom. The van der Waals surface area contributed by atoms with Gasteiger partial charge in [-0.1, -0.05) is 15.9 Å². The SMILES string of the molecule is Cc1cncc(C(=O)N(C)C(C)(C)CBr)c1. The molecule has 1 aromatic rings. The minimum absolute atomic E-state index is 0.000602. The molecule has 1 heterocycles. The summed E-state index contributed by atoms with van der Waals surface area (Å²) in [6.07, 6.45) is 3.35. The lowest BCUT2D eigenvalue weighted by atomic mass is 10.1. The van der Waals surface area contributed by atoms with E-state index in [1.807, 2.05) is 33.9 Å². The minimum Gasteiger partial charge on any atom is -0.336 e. The van der Waals surface area contributed by atoms with Gasteiger partial charge in [-0.2, -0.15) is 0 Å². The first kappa shape index (κ1) is 13.2. The van der Waals surface area contributed by atoms with Gasteiger partial charge in [-0.15, -0.1) is 0 Å². The Labute approximate surface area is 105 Å². The van der Waals surface area contributed by atoms with Crippen LogP contribution in [0.5, 0.6) is 0 Å². The molecule has 0 aromatic carbocycles. The van der Waals surface area contributed by atoms with Gasteiger partial charge in [0, 0.05) is 30.3 Å². The predicted molar refractivity (Wildman–Crippen MR) is 68.9 cm³/mol. The Morgan fingerprint density at radius 2 is 2.12 bits per heavy atom. The molecule has 0 aliphatic rings. The molecule has 0 bridgehead atoms. The second-order valence-electron chi connectivity index (χ2n) is 4.56. The lowest BCUT2D eigenvalue weighted by Crippen LogP contribution is -2.46. The number of nitrogens with zero attached hydrogens (tertiary/aromatic N) is 2. The molecule has 88 valence electrons. The van der Waals surface area contributed by atoms with Crippen LogP contribution < -0.4 is 0 Å². The second kappa shape index (κ2) is 4.95. The van der Waals surface area contributed by atoms with Crippen LogP contribution in [0.25, 0.3) is 0 Å². The normalized spacial score (nSPS) is 11.3. The molecule has 0 saturated heterocycles. The molecule has 4 heteroatoms. The monoisotopic (exact) mass is 284 g/mol. The zero-order valence-electron chi connectivity index (χ0n) is 10.1. The van der Waals surface area contributed by atoms with E-state index >= 15 is 0 Å². The molecule has 0 N–H and O–H groups in total. The Bertz CT molecular complexity index is 390. The fourth-order valence-corrected chi connectivity index (χ4v) is 1.61. The van der Waals surface area contributed by atoms with E-state index < -0.39 is 0 Å². The maximum atomic E-state index is 12.2. The molecular formula is C12H17BrN2O. The Morgan fingerprint density at radius 1 is 1.50 bits per heavy atom. The van der Waals surface area contributed by atoms with Crippen molar-refractivity contribution in [1.29, 1.82) is 0 Å². The Kier molecular flexibility index (Phi) is 4.08. The van der Waals surface area contributed by atoms with Crippen LogP contribution in [0.2, 0.25) is 0 Å². The van der Waals surface area contributed by atoms with Gasteiger partial charge < -0.3 is 4.90 Å². The first-order valence-corrected chi connectivity index (χ1v) is 6.26. The lowest BCUT2D eigenvalue weighted by molar-refractivity contribution is 0.0663. The molecule has 0 spiro atoms. The zero-order valence-corrected chi connectivity index (χ0v) is 11.7. The van der Waals surface area contributed by atoms with Gasteiger partial charge in [0.2, 0.25) is 0 Å². The average molecular weight is 285 g/mol. The van der Waals surface area contributed by atoms with Crippen molar-refractivity contribution in [3.05, 3.63) is 29.6 Å². The number of aryl methyl sites for hydroxylation is 1. The highest BCUT2D eigenvalue weighted by Crippen LogP contribution is 2.18. The van der Waals surface area contributed by atoms with Crippen molar-refractivity contribution in [3.63, 3.8) is 0 Å². The summed E-state index contributed by atoms with van der Waals surface area (Å²) in [6, 6.07) is 1.86.